The molecule has 1 aromatic carbocycles. The van der Waals surface area contributed by atoms with Crippen LogP contribution in [0.15, 0.2) is 34.9 Å². The van der Waals surface area contributed by atoms with Gasteiger partial charge in [-0.25, -0.2) is 4.98 Å². The molecule has 0 saturated carbocycles. The van der Waals surface area contributed by atoms with Gasteiger partial charge in [-0.2, -0.15) is 0 Å². The summed E-state index contributed by atoms with van der Waals surface area (Å²) in [5.74, 6) is 0.202. The van der Waals surface area contributed by atoms with Crippen LogP contribution >= 0.6 is 15.9 Å². The minimum absolute atomic E-state index is 0.0183. The summed E-state index contributed by atoms with van der Waals surface area (Å²) in [6.45, 7) is 3.78. The maximum absolute atomic E-state index is 12.9. The van der Waals surface area contributed by atoms with Gasteiger partial charge < -0.3 is 15.0 Å². The third kappa shape index (κ3) is 2.95. The Hall–Kier alpha value is -2.87. The predicted octanol–water partition coefficient (Wildman–Crippen LogP) is 3.32. The summed E-state index contributed by atoms with van der Waals surface area (Å²) in [6, 6.07) is 7.18. The number of nitrogens with zero attached hydrogens (tertiary/aromatic N) is 3. The highest BCUT2D eigenvalue weighted by Crippen LogP contribution is 2.34. The molecule has 0 radical (unpaired) electrons. The van der Waals surface area contributed by atoms with Crippen molar-refractivity contribution >= 4 is 44.8 Å². The van der Waals surface area contributed by atoms with Crippen molar-refractivity contribution in [1.29, 1.82) is 0 Å². The largest absolute Gasteiger partial charge is 0.482 e. The highest BCUT2D eigenvalue weighted by atomic mass is 79.9. The minimum Gasteiger partial charge on any atom is -0.482 e. The maximum Gasteiger partial charge on any atom is 0.274 e. The van der Waals surface area contributed by atoms with Gasteiger partial charge in [0.1, 0.15) is 11.4 Å². The Kier molecular flexibility index (Phi) is 4.15. The lowest BCUT2D eigenvalue weighted by molar-refractivity contribution is -0.120. The molecule has 0 saturated heterocycles. The summed E-state index contributed by atoms with van der Waals surface area (Å²) < 4.78 is 8.03. The summed E-state index contributed by atoms with van der Waals surface area (Å²) in [7, 11) is 1.68. The highest BCUT2D eigenvalue weighted by Gasteiger charge is 2.23. The summed E-state index contributed by atoms with van der Waals surface area (Å²) >= 11 is 3.50. The Morgan fingerprint density at radius 3 is 2.85 bits per heavy atom. The number of aryl methyl sites for hydroxylation is 2. The number of pyridine rings is 1. The number of carbonyl (C=O) groups is 2. The van der Waals surface area contributed by atoms with Crippen LogP contribution in [0.25, 0.3) is 5.65 Å². The van der Waals surface area contributed by atoms with E-state index in [9.17, 15) is 9.59 Å². The zero-order valence-electron chi connectivity index (χ0n) is 15.0. The molecule has 1 aliphatic rings. The van der Waals surface area contributed by atoms with E-state index in [1.165, 1.54) is 4.90 Å². The van der Waals surface area contributed by atoms with E-state index in [1.807, 2.05) is 19.2 Å². The van der Waals surface area contributed by atoms with Crippen LogP contribution < -0.4 is 15.0 Å². The molecule has 2 aromatic heterocycles. The molecule has 0 atom stereocenters. The topological polar surface area (TPSA) is 75.9 Å². The summed E-state index contributed by atoms with van der Waals surface area (Å²) in [5.41, 5.74) is 3.99. The Balaban J connectivity index is 1.71. The smallest absolute Gasteiger partial charge is 0.274 e. The normalized spacial score (nSPS) is 13.5. The van der Waals surface area contributed by atoms with Crippen molar-refractivity contribution in [3.05, 3.63) is 51.9 Å². The van der Waals surface area contributed by atoms with E-state index in [1.54, 1.807) is 36.6 Å². The van der Waals surface area contributed by atoms with Crippen LogP contribution in [0.4, 0.5) is 11.4 Å². The first-order valence-electron chi connectivity index (χ1n) is 8.34. The molecule has 3 heterocycles. The molecule has 7 nitrogen and oxygen atoms in total. The predicted molar refractivity (Wildman–Crippen MR) is 106 cm³/mol. The fraction of sp³-hybridized carbons (Fsp3) is 0.211. The van der Waals surface area contributed by atoms with Gasteiger partial charge >= 0.3 is 0 Å². The number of fused-ring (bicyclic) bond motifs is 2. The minimum atomic E-state index is -0.275. The van der Waals surface area contributed by atoms with Gasteiger partial charge in [-0.3, -0.25) is 14.0 Å². The van der Waals surface area contributed by atoms with Crippen LogP contribution in [0.1, 0.15) is 21.7 Å². The molecule has 0 fully saturated rings. The van der Waals surface area contributed by atoms with Crippen molar-refractivity contribution in [3.8, 4) is 5.75 Å². The summed E-state index contributed by atoms with van der Waals surface area (Å²) in [6.07, 6.45) is 1.88. The lowest BCUT2D eigenvalue weighted by Crippen LogP contribution is -2.35. The molecule has 4 rings (SSSR count). The molecule has 0 bridgehead atoms. The van der Waals surface area contributed by atoms with Gasteiger partial charge in [-0.15, -0.1) is 0 Å². The Bertz CT molecular complexity index is 1110. The van der Waals surface area contributed by atoms with Crippen molar-refractivity contribution in [3.63, 3.8) is 0 Å². The van der Waals surface area contributed by atoms with Crippen molar-refractivity contribution in [1.82, 2.24) is 9.38 Å². The average molecular weight is 429 g/mol. The Morgan fingerprint density at radius 2 is 2.07 bits per heavy atom. The molecule has 1 aliphatic heterocycles. The number of hydrogen-bond acceptors (Lipinski definition) is 4. The molecule has 27 heavy (non-hydrogen) atoms. The second-order valence-corrected chi connectivity index (χ2v) is 7.34. The number of halogens is 1. The monoisotopic (exact) mass is 428 g/mol. The standard InChI is InChI=1S/C19H17BrN4O3/c1-10-6-13(20)18-21-11(2)17(24(18)8-10)19(26)22-12-4-5-15-14(7-12)23(3)16(25)9-27-15/h4-8H,9H2,1-3H3,(H,22,26). The van der Waals surface area contributed by atoms with Crippen LogP contribution in [-0.4, -0.2) is 34.9 Å². The van der Waals surface area contributed by atoms with Crippen LogP contribution in [-0.2, 0) is 4.79 Å². The van der Waals surface area contributed by atoms with Crippen molar-refractivity contribution in [2.24, 2.45) is 0 Å². The van der Waals surface area contributed by atoms with Crippen LogP contribution in [0.2, 0.25) is 0 Å². The van der Waals surface area contributed by atoms with Gasteiger partial charge in [0.05, 0.1) is 15.9 Å². The van der Waals surface area contributed by atoms with Gasteiger partial charge in [0, 0.05) is 18.9 Å². The van der Waals surface area contributed by atoms with E-state index < -0.39 is 0 Å². The molecule has 0 aliphatic carbocycles. The number of carbonyl (C=O) groups excluding carboxylic acids is 2. The van der Waals surface area contributed by atoms with Crippen LogP contribution in [0.5, 0.6) is 5.75 Å². The first-order valence-corrected chi connectivity index (χ1v) is 9.14. The molecular formula is C19H17BrN4O3. The number of amides is 2. The zero-order chi connectivity index (χ0) is 19.3. The first-order chi connectivity index (χ1) is 12.8. The fourth-order valence-electron chi connectivity index (χ4n) is 3.16. The van der Waals surface area contributed by atoms with Gasteiger partial charge in [0.15, 0.2) is 12.3 Å². The van der Waals surface area contributed by atoms with E-state index in [0.29, 0.717) is 34.2 Å². The lowest BCUT2D eigenvalue weighted by Gasteiger charge is -2.26. The highest BCUT2D eigenvalue weighted by molar-refractivity contribution is 9.10. The van der Waals surface area contributed by atoms with Gasteiger partial charge in [0.25, 0.3) is 11.8 Å². The van der Waals surface area contributed by atoms with Crippen LogP contribution in [0, 0.1) is 13.8 Å². The number of ether oxygens (including phenoxy) is 1. The fourth-order valence-corrected chi connectivity index (χ4v) is 3.80. The quantitative estimate of drug-likeness (QED) is 0.678. The van der Waals surface area contributed by atoms with E-state index >= 15 is 0 Å². The Morgan fingerprint density at radius 1 is 1.30 bits per heavy atom. The molecule has 138 valence electrons. The number of benzene rings is 1. The maximum atomic E-state index is 12.9. The second kappa shape index (κ2) is 6.38. The van der Waals surface area contributed by atoms with Gasteiger partial charge in [-0.05, 0) is 59.6 Å². The number of imidazole rings is 1. The Labute approximate surface area is 164 Å². The zero-order valence-corrected chi connectivity index (χ0v) is 16.6. The van der Waals surface area contributed by atoms with Crippen molar-refractivity contribution in [2.75, 3.05) is 23.9 Å². The second-order valence-electron chi connectivity index (χ2n) is 6.48. The van der Waals surface area contributed by atoms with E-state index in [-0.39, 0.29) is 18.4 Å². The number of rotatable bonds is 2. The molecule has 3 aromatic rings. The number of nitrogens with one attached hydrogen (secondary N) is 1. The van der Waals surface area contributed by atoms with Crippen LogP contribution in [0.3, 0.4) is 0 Å². The number of hydrogen-bond donors (Lipinski definition) is 1. The summed E-state index contributed by atoms with van der Waals surface area (Å²) in [5, 5.41) is 2.89. The van der Waals surface area contributed by atoms with Gasteiger partial charge in [0.2, 0.25) is 0 Å². The van der Waals surface area contributed by atoms with Gasteiger partial charge in [-0.1, -0.05) is 0 Å². The molecule has 0 unspecified atom stereocenters. The van der Waals surface area contributed by atoms with E-state index in [4.69, 9.17) is 4.74 Å². The lowest BCUT2D eigenvalue weighted by atomic mass is 10.2. The van der Waals surface area contributed by atoms with E-state index in [0.717, 1.165) is 10.0 Å². The first kappa shape index (κ1) is 17.5. The van der Waals surface area contributed by atoms with Crippen molar-refractivity contribution in [2.45, 2.75) is 13.8 Å². The molecule has 0 spiro atoms. The van der Waals surface area contributed by atoms with E-state index in [2.05, 4.69) is 26.2 Å². The average Bonchev–Trinajstić information content (AvgIpc) is 2.95. The number of aromatic nitrogens is 2. The number of anilines is 2. The molecule has 2 amide bonds. The molecular weight excluding hydrogens is 412 g/mol. The molecule has 8 heteroatoms. The molecule has 1 N–H and O–H groups in total. The SMILES string of the molecule is Cc1cc(Br)c2nc(C)c(C(=O)Nc3ccc4c(c3)N(C)C(=O)CO4)n2c1. The van der Waals surface area contributed by atoms with Crippen molar-refractivity contribution < 1.29 is 14.3 Å². The third-order valence-electron chi connectivity index (χ3n) is 4.50. The number of likely N-dealkylation sites (N-methyl/N-ethyl adjacent to an activating group) is 1. The third-order valence-corrected chi connectivity index (χ3v) is 5.09. The summed E-state index contributed by atoms with van der Waals surface area (Å²) in [4.78, 5) is 30.8.